The maximum atomic E-state index is 11.8. The van der Waals surface area contributed by atoms with Gasteiger partial charge in [0.05, 0.1) is 12.0 Å². The molecular formula is C13H26O3. The van der Waals surface area contributed by atoms with Gasteiger partial charge >= 0.3 is 5.97 Å². The highest BCUT2D eigenvalue weighted by Gasteiger charge is 2.28. The standard InChI is InChI=1S/C13H26O3/c1-6-7-8-9-11(10(2)14)12(15)16-13(3,4)5/h10-11,14H,6-9H2,1-5H3/t10-,11+/m1/s1. The van der Waals surface area contributed by atoms with Gasteiger partial charge in [-0.15, -0.1) is 0 Å². The topological polar surface area (TPSA) is 46.5 Å². The maximum absolute atomic E-state index is 11.8. The van der Waals surface area contributed by atoms with Gasteiger partial charge in [-0.1, -0.05) is 26.2 Å². The molecule has 0 spiro atoms. The normalized spacial score (nSPS) is 15.6. The van der Waals surface area contributed by atoms with Crippen molar-refractivity contribution in [2.45, 2.75) is 72.0 Å². The molecule has 96 valence electrons. The Bertz CT molecular complexity index is 204. The molecule has 3 nitrogen and oxygen atoms in total. The smallest absolute Gasteiger partial charge is 0.312 e. The Labute approximate surface area is 99.2 Å². The first kappa shape index (κ1) is 15.4. The zero-order chi connectivity index (χ0) is 12.8. The summed E-state index contributed by atoms with van der Waals surface area (Å²) in [5.41, 5.74) is -0.477. The minimum absolute atomic E-state index is 0.279. The van der Waals surface area contributed by atoms with Gasteiger partial charge in [-0.3, -0.25) is 4.79 Å². The summed E-state index contributed by atoms with van der Waals surface area (Å²) in [7, 11) is 0. The first-order valence-corrected chi connectivity index (χ1v) is 6.19. The third-order valence-electron chi connectivity index (χ3n) is 2.41. The second kappa shape index (κ2) is 6.89. The number of aliphatic hydroxyl groups is 1. The molecule has 0 saturated carbocycles. The fourth-order valence-electron chi connectivity index (χ4n) is 1.55. The van der Waals surface area contributed by atoms with E-state index in [0.717, 1.165) is 19.3 Å². The number of ether oxygens (including phenoxy) is 1. The lowest BCUT2D eigenvalue weighted by molar-refractivity contribution is -0.164. The quantitative estimate of drug-likeness (QED) is 0.563. The maximum Gasteiger partial charge on any atom is 0.312 e. The molecule has 0 saturated heterocycles. The zero-order valence-electron chi connectivity index (χ0n) is 11.2. The fraction of sp³-hybridized carbons (Fsp3) is 0.923. The Morgan fingerprint density at radius 2 is 1.88 bits per heavy atom. The number of carbonyl (C=O) groups excluding carboxylic acids is 1. The molecule has 0 aliphatic rings. The van der Waals surface area contributed by atoms with E-state index in [9.17, 15) is 9.90 Å². The Balaban J connectivity index is 4.25. The Hall–Kier alpha value is -0.570. The van der Waals surface area contributed by atoms with Crippen LogP contribution >= 0.6 is 0 Å². The molecule has 0 aliphatic heterocycles. The first-order chi connectivity index (χ1) is 7.28. The molecule has 0 fully saturated rings. The molecule has 2 atom stereocenters. The van der Waals surface area contributed by atoms with Crippen LogP contribution in [0.15, 0.2) is 0 Å². The van der Waals surface area contributed by atoms with Crippen LogP contribution in [0.3, 0.4) is 0 Å². The minimum atomic E-state index is -0.633. The highest BCUT2D eigenvalue weighted by molar-refractivity contribution is 5.73. The Morgan fingerprint density at radius 3 is 2.25 bits per heavy atom. The van der Waals surface area contributed by atoms with Gasteiger partial charge in [0, 0.05) is 0 Å². The third kappa shape index (κ3) is 6.83. The summed E-state index contributed by atoms with van der Waals surface area (Å²) in [5, 5.41) is 9.58. The van der Waals surface area contributed by atoms with Gasteiger partial charge < -0.3 is 9.84 Å². The summed E-state index contributed by atoms with van der Waals surface area (Å²) in [5.74, 6) is -0.663. The van der Waals surface area contributed by atoms with Gasteiger partial charge in [0.2, 0.25) is 0 Å². The van der Waals surface area contributed by atoms with Crippen LogP contribution in [0, 0.1) is 5.92 Å². The van der Waals surface area contributed by atoms with E-state index in [1.165, 1.54) is 0 Å². The fourth-order valence-corrected chi connectivity index (χ4v) is 1.55. The first-order valence-electron chi connectivity index (χ1n) is 6.19. The molecule has 0 aromatic heterocycles. The van der Waals surface area contributed by atoms with Crippen molar-refractivity contribution in [3.8, 4) is 0 Å². The van der Waals surface area contributed by atoms with Gasteiger partial charge in [-0.2, -0.15) is 0 Å². The molecule has 3 heteroatoms. The average molecular weight is 230 g/mol. The van der Waals surface area contributed by atoms with E-state index in [0.29, 0.717) is 6.42 Å². The Kier molecular flexibility index (Phi) is 6.65. The van der Waals surface area contributed by atoms with E-state index in [4.69, 9.17) is 4.74 Å². The van der Waals surface area contributed by atoms with Crippen LogP contribution in [-0.2, 0) is 9.53 Å². The summed E-state index contributed by atoms with van der Waals surface area (Å²) in [6.07, 6.45) is 3.24. The molecule has 0 aliphatic carbocycles. The average Bonchev–Trinajstić information content (AvgIpc) is 2.08. The Morgan fingerprint density at radius 1 is 1.31 bits per heavy atom. The van der Waals surface area contributed by atoms with Crippen molar-refractivity contribution in [3.63, 3.8) is 0 Å². The van der Waals surface area contributed by atoms with Gasteiger partial charge in [-0.25, -0.2) is 0 Å². The molecule has 0 aromatic carbocycles. The largest absolute Gasteiger partial charge is 0.460 e. The van der Waals surface area contributed by atoms with Crippen molar-refractivity contribution in [1.29, 1.82) is 0 Å². The van der Waals surface area contributed by atoms with Crippen LogP contribution in [0.4, 0.5) is 0 Å². The van der Waals surface area contributed by atoms with E-state index in [-0.39, 0.29) is 11.9 Å². The van der Waals surface area contributed by atoms with Crippen molar-refractivity contribution in [2.75, 3.05) is 0 Å². The van der Waals surface area contributed by atoms with E-state index in [1.807, 2.05) is 20.8 Å². The molecule has 0 amide bonds. The molecule has 16 heavy (non-hydrogen) atoms. The second-order valence-electron chi connectivity index (χ2n) is 5.38. The molecule has 0 radical (unpaired) electrons. The number of unbranched alkanes of at least 4 members (excludes halogenated alkanes) is 2. The molecule has 0 heterocycles. The van der Waals surface area contributed by atoms with Crippen LogP contribution < -0.4 is 0 Å². The van der Waals surface area contributed by atoms with Gasteiger partial charge in [0.1, 0.15) is 5.60 Å². The second-order valence-corrected chi connectivity index (χ2v) is 5.38. The number of carbonyl (C=O) groups is 1. The zero-order valence-corrected chi connectivity index (χ0v) is 11.2. The number of aliphatic hydroxyl groups excluding tert-OH is 1. The summed E-state index contributed by atoms with van der Waals surface area (Å²) in [4.78, 5) is 11.8. The van der Waals surface area contributed by atoms with Gasteiger partial charge in [0.25, 0.3) is 0 Å². The van der Waals surface area contributed by atoms with Crippen LogP contribution in [0.2, 0.25) is 0 Å². The molecule has 0 unspecified atom stereocenters. The van der Waals surface area contributed by atoms with E-state index in [2.05, 4.69) is 6.92 Å². The SMILES string of the molecule is CCCCC[C@H](C(=O)OC(C)(C)C)[C@@H](C)O. The van der Waals surface area contributed by atoms with E-state index in [1.54, 1.807) is 6.92 Å². The predicted octanol–water partition coefficient (Wildman–Crippen LogP) is 2.91. The summed E-state index contributed by atoms with van der Waals surface area (Å²) in [6.45, 7) is 9.30. The summed E-state index contributed by atoms with van der Waals surface area (Å²) in [6, 6.07) is 0. The van der Waals surface area contributed by atoms with Gasteiger partial charge in [-0.05, 0) is 34.1 Å². The number of rotatable bonds is 6. The van der Waals surface area contributed by atoms with E-state index >= 15 is 0 Å². The van der Waals surface area contributed by atoms with E-state index < -0.39 is 11.7 Å². The highest BCUT2D eigenvalue weighted by atomic mass is 16.6. The summed E-state index contributed by atoms with van der Waals surface area (Å²) < 4.78 is 5.29. The minimum Gasteiger partial charge on any atom is -0.460 e. The summed E-state index contributed by atoms with van der Waals surface area (Å²) >= 11 is 0. The monoisotopic (exact) mass is 230 g/mol. The predicted molar refractivity (Wildman–Crippen MR) is 65.2 cm³/mol. The van der Waals surface area contributed by atoms with Crippen molar-refractivity contribution in [3.05, 3.63) is 0 Å². The third-order valence-corrected chi connectivity index (χ3v) is 2.41. The van der Waals surface area contributed by atoms with Crippen LogP contribution in [0.25, 0.3) is 0 Å². The lowest BCUT2D eigenvalue weighted by Gasteiger charge is -2.25. The number of hydrogen-bond acceptors (Lipinski definition) is 3. The van der Waals surface area contributed by atoms with Crippen LogP contribution in [-0.4, -0.2) is 22.8 Å². The highest BCUT2D eigenvalue weighted by Crippen LogP contribution is 2.19. The van der Waals surface area contributed by atoms with Crippen LogP contribution in [0.5, 0.6) is 0 Å². The molecule has 0 rings (SSSR count). The van der Waals surface area contributed by atoms with Crippen molar-refractivity contribution < 1.29 is 14.6 Å². The molecule has 0 bridgehead atoms. The number of esters is 1. The van der Waals surface area contributed by atoms with Crippen molar-refractivity contribution >= 4 is 5.97 Å². The van der Waals surface area contributed by atoms with Crippen molar-refractivity contribution in [1.82, 2.24) is 0 Å². The van der Waals surface area contributed by atoms with Gasteiger partial charge in [0.15, 0.2) is 0 Å². The molecular weight excluding hydrogens is 204 g/mol. The molecule has 1 N–H and O–H groups in total. The number of hydrogen-bond donors (Lipinski definition) is 1. The van der Waals surface area contributed by atoms with Crippen LogP contribution in [0.1, 0.15) is 60.3 Å². The van der Waals surface area contributed by atoms with Crippen molar-refractivity contribution in [2.24, 2.45) is 5.92 Å². The molecule has 0 aromatic rings. The lowest BCUT2D eigenvalue weighted by atomic mass is 9.96. The lowest BCUT2D eigenvalue weighted by Crippen LogP contribution is -2.33.